The Morgan fingerprint density at radius 3 is 2.83 bits per heavy atom. The van der Waals surface area contributed by atoms with Crippen LogP contribution in [0.5, 0.6) is 0 Å². The Labute approximate surface area is 105 Å². The van der Waals surface area contributed by atoms with E-state index in [9.17, 15) is 4.79 Å². The van der Waals surface area contributed by atoms with Crippen LogP contribution >= 0.6 is 0 Å². The number of piperazine rings is 1. The molecule has 0 unspecified atom stereocenters. The number of pyridine rings is 1. The third kappa shape index (κ3) is 2.35. The molecule has 0 radical (unpaired) electrons. The average molecular weight is 246 g/mol. The lowest BCUT2D eigenvalue weighted by Gasteiger charge is -2.39. The normalized spacial score (nSPS) is 19.4. The van der Waals surface area contributed by atoms with Gasteiger partial charge in [-0.2, -0.15) is 5.26 Å². The molecule has 1 aromatic rings. The van der Waals surface area contributed by atoms with Crippen molar-refractivity contribution in [1.29, 1.82) is 5.26 Å². The Kier molecular flexibility index (Phi) is 3.33. The summed E-state index contributed by atoms with van der Waals surface area (Å²) in [6.45, 7) is 3.53. The second-order valence-corrected chi connectivity index (χ2v) is 4.29. The predicted molar refractivity (Wildman–Crippen MR) is 65.4 cm³/mol. The van der Waals surface area contributed by atoms with Gasteiger partial charge < -0.3 is 14.9 Å². The van der Waals surface area contributed by atoms with Gasteiger partial charge in [0.05, 0.1) is 5.56 Å². The minimum absolute atomic E-state index is 0.0790. The summed E-state index contributed by atoms with van der Waals surface area (Å²) in [5, 5.41) is 17.6. The maximum Gasteiger partial charge on any atom is 0.407 e. The van der Waals surface area contributed by atoms with Gasteiger partial charge in [-0.1, -0.05) is 0 Å². The highest BCUT2D eigenvalue weighted by Gasteiger charge is 2.27. The Bertz CT molecular complexity index is 480. The van der Waals surface area contributed by atoms with E-state index in [1.165, 1.54) is 11.1 Å². The maximum atomic E-state index is 10.9. The lowest BCUT2D eigenvalue weighted by Crippen LogP contribution is -2.53. The number of carbonyl (C=O) groups is 1. The molecule has 1 aliphatic rings. The highest BCUT2D eigenvalue weighted by Crippen LogP contribution is 2.18. The van der Waals surface area contributed by atoms with Crippen LogP contribution in [0.15, 0.2) is 18.3 Å². The van der Waals surface area contributed by atoms with Gasteiger partial charge in [-0.15, -0.1) is 0 Å². The number of carboxylic acid groups (broad SMARTS) is 1. The molecule has 0 aromatic carbocycles. The minimum Gasteiger partial charge on any atom is -0.465 e. The van der Waals surface area contributed by atoms with Crippen LogP contribution in [0.3, 0.4) is 0 Å². The molecule has 6 heteroatoms. The smallest absolute Gasteiger partial charge is 0.407 e. The fraction of sp³-hybridized carbons (Fsp3) is 0.417. The molecule has 94 valence electrons. The molecule has 1 fully saturated rings. The molecule has 2 rings (SSSR count). The Morgan fingerprint density at radius 2 is 2.33 bits per heavy atom. The van der Waals surface area contributed by atoms with E-state index < -0.39 is 6.09 Å². The third-order valence-corrected chi connectivity index (χ3v) is 3.07. The number of amides is 1. The summed E-state index contributed by atoms with van der Waals surface area (Å²) in [5.74, 6) is 0.784. The highest BCUT2D eigenvalue weighted by molar-refractivity contribution is 5.65. The van der Waals surface area contributed by atoms with Gasteiger partial charge >= 0.3 is 6.09 Å². The van der Waals surface area contributed by atoms with Gasteiger partial charge in [0.25, 0.3) is 0 Å². The Hall–Kier alpha value is -2.29. The molecular formula is C12H14N4O2. The molecule has 1 saturated heterocycles. The second kappa shape index (κ2) is 4.92. The van der Waals surface area contributed by atoms with E-state index in [0.717, 1.165) is 5.82 Å². The summed E-state index contributed by atoms with van der Waals surface area (Å²) in [6.07, 6.45) is 0.653. The number of hydrogen-bond donors (Lipinski definition) is 1. The first-order valence-corrected chi connectivity index (χ1v) is 5.72. The van der Waals surface area contributed by atoms with Gasteiger partial charge in [-0.3, -0.25) is 0 Å². The van der Waals surface area contributed by atoms with Crippen LogP contribution in [0.2, 0.25) is 0 Å². The standard InChI is InChI=1S/C12H14N4O2/c1-9-8-15(12(17)18)4-5-16(9)11-3-2-10(6-13)7-14-11/h2-3,7,9H,4-5,8H2,1H3,(H,17,18)/t9-/m0/s1. The highest BCUT2D eigenvalue weighted by atomic mass is 16.4. The first-order chi connectivity index (χ1) is 8.61. The summed E-state index contributed by atoms with van der Waals surface area (Å²) in [5.41, 5.74) is 0.524. The molecular weight excluding hydrogens is 232 g/mol. The van der Waals surface area contributed by atoms with Gasteiger partial charge in [0, 0.05) is 31.9 Å². The van der Waals surface area contributed by atoms with E-state index in [0.29, 0.717) is 25.2 Å². The first-order valence-electron chi connectivity index (χ1n) is 5.72. The van der Waals surface area contributed by atoms with Crippen LogP contribution in [-0.2, 0) is 0 Å². The van der Waals surface area contributed by atoms with Crippen LogP contribution in [0.4, 0.5) is 10.6 Å². The number of nitriles is 1. The predicted octanol–water partition coefficient (Wildman–Crippen LogP) is 1.14. The van der Waals surface area contributed by atoms with E-state index in [1.54, 1.807) is 12.1 Å². The van der Waals surface area contributed by atoms with Crippen molar-refractivity contribution < 1.29 is 9.90 Å². The number of nitrogens with zero attached hydrogens (tertiary/aromatic N) is 4. The van der Waals surface area contributed by atoms with Crippen molar-refractivity contribution in [3.8, 4) is 6.07 Å². The summed E-state index contributed by atoms with van der Waals surface area (Å²) in [7, 11) is 0. The molecule has 1 N–H and O–H groups in total. The van der Waals surface area contributed by atoms with Crippen LogP contribution in [-0.4, -0.2) is 46.8 Å². The van der Waals surface area contributed by atoms with Crippen LogP contribution in [0.1, 0.15) is 12.5 Å². The van der Waals surface area contributed by atoms with Gasteiger partial charge in [0.2, 0.25) is 0 Å². The van der Waals surface area contributed by atoms with Gasteiger partial charge in [0.15, 0.2) is 0 Å². The Morgan fingerprint density at radius 1 is 1.56 bits per heavy atom. The quantitative estimate of drug-likeness (QED) is 0.803. The molecule has 1 aliphatic heterocycles. The zero-order valence-corrected chi connectivity index (χ0v) is 10.1. The third-order valence-electron chi connectivity index (χ3n) is 3.07. The SMILES string of the molecule is C[C@H]1CN(C(=O)O)CCN1c1ccc(C#N)cn1. The van der Waals surface area contributed by atoms with Crippen molar-refractivity contribution in [2.45, 2.75) is 13.0 Å². The topological polar surface area (TPSA) is 80.5 Å². The van der Waals surface area contributed by atoms with Crippen molar-refractivity contribution in [3.05, 3.63) is 23.9 Å². The van der Waals surface area contributed by atoms with Crippen molar-refractivity contribution >= 4 is 11.9 Å². The second-order valence-electron chi connectivity index (χ2n) is 4.29. The zero-order valence-electron chi connectivity index (χ0n) is 10.1. The Balaban J connectivity index is 2.10. The lowest BCUT2D eigenvalue weighted by atomic mass is 10.2. The zero-order chi connectivity index (χ0) is 13.1. The van der Waals surface area contributed by atoms with Crippen LogP contribution in [0.25, 0.3) is 0 Å². The van der Waals surface area contributed by atoms with E-state index in [4.69, 9.17) is 10.4 Å². The monoisotopic (exact) mass is 246 g/mol. The first kappa shape index (κ1) is 12.2. The number of anilines is 1. The van der Waals surface area contributed by atoms with Crippen molar-refractivity contribution in [2.75, 3.05) is 24.5 Å². The van der Waals surface area contributed by atoms with E-state index in [2.05, 4.69) is 9.88 Å². The molecule has 18 heavy (non-hydrogen) atoms. The lowest BCUT2D eigenvalue weighted by molar-refractivity contribution is 0.136. The molecule has 0 saturated carbocycles. The van der Waals surface area contributed by atoms with E-state index in [1.807, 2.05) is 13.0 Å². The maximum absolute atomic E-state index is 10.9. The van der Waals surface area contributed by atoms with Gasteiger partial charge in [0.1, 0.15) is 11.9 Å². The van der Waals surface area contributed by atoms with Crippen LogP contribution in [0, 0.1) is 11.3 Å². The molecule has 1 aromatic heterocycles. The fourth-order valence-corrected chi connectivity index (χ4v) is 2.09. The molecule has 6 nitrogen and oxygen atoms in total. The van der Waals surface area contributed by atoms with Crippen LogP contribution < -0.4 is 4.90 Å². The molecule has 1 amide bonds. The number of rotatable bonds is 1. The van der Waals surface area contributed by atoms with E-state index in [-0.39, 0.29) is 6.04 Å². The fourth-order valence-electron chi connectivity index (χ4n) is 2.09. The summed E-state index contributed by atoms with van der Waals surface area (Å²) >= 11 is 0. The molecule has 0 spiro atoms. The molecule has 0 aliphatic carbocycles. The summed E-state index contributed by atoms with van der Waals surface area (Å²) < 4.78 is 0. The van der Waals surface area contributed by atoms with Gasteiger partial charge in [-0.05, 0) is 19.1 Å². The number of aromatic nitrogens is 1. The summed E-state index contributed by atoms with van der Waals surface area (Å²) in [4.78, 5) is 18.6. The number of hydrogen-bond acceptors (Lipinski definition) is 4. The van der Waals surface area contributed by atoms with E-state index >= 15 is 0 Å². The molecule has 2 heterocycles. The van der Waals surface area contributed by atoms with Crippen molar-refractivity contribution in [1.82, 2.24) is 9.88 Å². The van der Waals surface area contributed by atoms with Crippen molar-refractivity contribution in [3.63, 3.8) is 0 Å². The van der Waals surface area contributed by atoms with Gasteiger partial charge in [-0.25, -0.2) is 9.78 Å². The average Bonchev–Trinajstić information content (AvgIpc) is 2.38. The minimum atomic E-state index is -0.880. The summed E-state index contributed by atoms with van der Waals surface area (Å²) in [6, 6.07) is 5.62. The van der Waals surface area contributed by atoms with Crippen molar-refractivity contribution in [2.24, 2.45) is 0 Å². The molecule has 1 atom stereocenters. The largest absolute Gasteiger partial charge is 0.465 e. The molecule has 0 bridgehead atoms.